The molecule has 2 heterocycles. The quantitative estimate of drug-likeness (QED) is 0.905. The Bertz CT molecular complexity index is 627. The van der Waals surface area contributed by atoms with Gasteiger partial charge in [0.05, 0.1) is 26.0 Å². The molecule has 0 fully saturated rings. The molecule has 0 bridgehead atoms. The predicted octanol–water partition coefficient (Wildman–Crippen LogP) is 1.98. The molecule has 1 unspecified atom stereocenters. The van der Waals surface area contributed by atoms with Crippen molar-refractivity contribution >= 4 is 16.5 Å². The summed E-state index contributed by atoms with van der Waals surface area (Å²) >= 11 is 1.58. The topological polar surface area (TPSA) is 69.4 Å². The predicted molar refractivity (Wildman–Crippen MR) is 79.6 cm³/mol. The normalized spacial score (nSPS) is 17.6. The van der Waals surface area contributed by atoms with Crippen molar-refractivity contribution < 1.29 is 9.47 Å². The Morgan fingerprint density at radius 1 is 1.30 bits per heavy atom. The fourth-order valence-corrected chi connectivity index (χ4v) is 3.39. The lowest BCUT2D eigenvalue weighted by Crippen LogP contribution is -2.30. The molecule has 0 saturated heterocycles. The molecular formula is C14H17N3O2S. The highest BCUT2D eigenvalue weighted by atomic mass is 32.1. The number of nitrogens with one attached hydrogen (secondary N) is 1. The van der Waals surface area contributed by atoms with E-state index >= 15 is 0 Å². The van der Waals surface area contributed by atoms with E-state index in [2.05, 4.69) is 10.3 Å². The number of hydrogen-bond acceptors (Lipinski definition) is 6. The van der Waals surface area contributed by atoms with Gasteiger partial charge in [-0.1, -0.05) is 6.07 Å². The van der Waals surface area contributed by atoms with Crippen molar-refractivity contribution in [1.82, 2.24) is 10.3 Å². The Morgan fingerprint density at radius 3 is 2.85 bits per heavy atom. The van der Waals surface area contributed by atoms with Crippen molar-refractivity contribution in [2.24, 2.45) is 0 Å². The maximum atomic E-state index is 5.84. The van der Waals surface area contributed by atoms with Gasteiger partial charge in [-0.25, -0.2) is 4.98 Å². The van der Waals surface area contributed by atoms with Crippen LogP contribution >= 0.6 is 11.3 Å². The molecule has 2 aromatic rings. The van der Waals surface area contributed by atoms with Gasteiger partial charge in [0.25, 0.3) is 0 Å². The highest BCUT2D eigenvalue weighted by Gasteiger charge is 2.26. The molecule has 3 N–H and O–H groups in total. The number of benzene rings is 1. The summed E-state index contributed by atoms with van der Waals surface area (Å²) in [5, 5.41) is 4.11. The fraction of sp³-hybridized carbons (Fsp3) is 0.357. The van der Waals surface area contributed by atoms with Crippen molar-refractivity contribution in [2.75, 3.05) is 26.5 Å². The van der Waals surface area contributed by atoms with Crippen LogP contribution in [0.2, 0.25) is 0 Å². The standard InChI is InChI=1S/C14H17N3O2S/c1-18-9-4-3-8(7-10(9)19-2)12-13-11(5-6-16-12)20-14(15)17-13/h3-4,7,12,16H,5-6H2,1-2H3,(H2,15,17). The highest BCUT2D eigenvalue weighted by Crippen LogP contribution is 2.36. The largest absolute Gasteiger partial charge is 0.493 e. The number of nitrogen functional groups attached to an aromatic ring is 1. The van der Waals surface area contributed by atoms with Gasteiger partial charge in [-0.2, -0.15) is 0 Å². The summed E-state index contributed by atoms with van der Waals surface area (Å²) in [4.78, 5) is 5.73. The molecule has 6 heteroatoms. The Labute approximate surface area is 121 Å². The van der Waals surface area contributed by atoms with Gasteiger partial charge in [-0.15, -0.1) is 11.3 Å². The molecule has 3 rings (SSSR count). The Kier molecular flexibility index (Phi) is 3.50. The molecule has 0 saturated carbocycles. The van der Waals surface area contributed by atoms with Gasteiger partial charge in [0, 0.05) is 11.4 Å². The molecular weight excluding hydrogens is 274 g/mol. The molecule has 1 aromatic carbocycles. The smallest absolute Gasteiger partial charge is 0.180 e. The van der Waals surface area contributed by atoms with Gasteiger partial charge in [0.1, 0.15) is 0 Å². The summed E-state index contributed by atoms with van der Waals surface area (Å²) in [7, 11) is 3.28. The Balaban J connectivity index is 2.01. The van der Waals surface area contributed by atoms with Crippen LogP contribution in [0.15, 0.2) is 18.2 Å². The van der Waals surface area contributed by atoms with Crippen LogP contribution in [-0.4, -0.2) is 25.7 Å². The summed E-state index contributed by atoms with van der Waals surface area (Å²) < 4.78 is 10.6. The molecule has 20 heavy (non-hydrogen) atoms. The third kappa shape index (κ3) is 2.21. The molecule has 0 amide bonds. The number of thiazole rings is 1. The number of methoxy groups -OCH3 is 2. The minimum Gasteiger partial charge on any atom is -0.493 e. The number of aromatic nitrogens is 1. The molecule has 0 spiro atoms. The summed E-state index contributed by atoms with van der Waals surface area (Å²) in [5.41, 5.74) is 7.97. The van der Waals surface area contributed by atoms with Gasteiger partial charge in [0.2, 0.25) is 0 Å². The molecule has 0 radical (unpaired) electrons. The molecule has 1 atom stereocenters. The monoisotopic (exact) mass is 291 g/mol. The third-order valence-corrected chi connectivity index (χ3v) is 4.42. The Hall–Kier alpha value is -1.79. The molecule has 1 aliphatic heterocycles. The average Bonchev–Trinajstić information content (AvgIpc) is 2.86. The summed E-state index contributed by atoms with van der Waals surface area (Å²) in [6.45, 7) is 0.924. The maximum absolute atomic E-state index is 5.84. The van der Waals surface area contributed by atoms with Crippen molar-refractivity contribution in [3.05, 3.63) is 34.3 Å². The number of hydrogen-bond donors (Lipinski definition) is 2. The van der Waals surface area contributed by atoms with E-state index in [1.54, 1.807) is 25.6 Å². The van der Waals surface area contributed by atoms with E-state index < -0.39 is 0 Å². The third-order valence-electron chi connectivity index (χ3n) is 3.46. The lowest BCUT2D eigenvalue weighted by molar-refractivity contribution is 0.354. The Morgan fingerprint density at radius 2 is 2.10 bits per heavy atom. The highest BCUT2D eigenvalue weighted by molar-refractivity contribution is 7.15. The number of anilines is 1. The zero-order valence-electron chi connectivity index (χ0n) is 11.5. The van der Waals surface area contributed by atoms with Crippen molar-refractivity contribution in [2.45, 2.75) is 12.5 Å². The second-order valence-corrected chi connectivity index (χ2v) is 5.73. The van der Waals surface area contributed by atoms with E-state index in [9.17, 15) is 0 Å². The number of rotatable bonds is 3. The van der Waals surface area contributed by atoms with E-state index in [0.29, 0.717) is 5.13 Å². The van der Waals surface area contributed by atoms with Crippen molar-refractivity contribution in [1.29, 1.82) is 0 Å². The van der Waals surface area contributed by atoms with Crippen LogP contribution < -0.4 is 20.5 Å². The van der Waals surface area contributed by atoms with Gasteiger partial charge in [-0.05, 0) is 24.1 Å². The van der Waals surface area contributed by atoms with E-state index in [1.807, 2.05) is 18.2 Å². The first-order chi connectivity index (χ1) is 9.72. The van der Waals surface area contributed by atoms with Crippen LogP contribution in [0.5, 0.6) is 11.5 Å². The van der Waals surface area contributed by atoms with E-state index in [4.69, 9.17) is 15.2 Å². The number of fused-ring (bicyclic) bond motifs is 1. The van der Waals surface area contributed by atoms with E-state index in [1.165, 1.54) is 4.88 Å². The van der Waals surface area contributed by atoms with E-state index in [0.717, 1.165) is 35.7 Å². The first-order valence-electron chi connectivity index (χ1n) is 6.43. The van der Waals surface area contributed by atoms with Gasteiger partial charge in [0.15, 0.2) is 16.6 Å². The zero-order valence-corrected chi connectivity index (χ0v) is 12.3. The molecule has 0 aliphatic carbocycles. The average molecular weight is 291 g/mol. The lowest BCUT2D eigenvalue weighted by Gasteiger charge is -2.24. The molecule has 106 valence electrons. The zero-order chi connectivity index (χ0) is 14.1. The van der Waals surface area contributed by atoms with Crippen LogP contribution in [0.3, 0.4) is 0 Å². The van der Waals surface area contributed by atoms with Crippen LogP contribution in [-0.2, 0) is 6.42 Å². The number of ether oxygens (including phenoxy) is 2. The number of nitrogens with zero attached hydrogens (tertiary/aromatic N) is 1. The second-order valence-electron chi connectivity index (χ2n) is 4.61. The van der Waals surface area contributed by atoms with Crippen molar-refractivity contribution in [3.63, 3.8) is 0 Å². The van der Waals surface area contributed by atoms with Gasteiger partial charge in [-0.3, -0.25) is 0 Å². The van der Waals surface area contributed by atoms with Crippen LogP contribution in [0, 0.1) is 0 Å². The van der Waals surface area contributed by atoms with Crippen LogP contribution in [0.1, 0.15) is 22.2 Å². The SMILES string of the molecule is COc1ccc(C2NCCc3sc(N)nc32)cc1OC. The minimum atomic E-state index is 0.0621. The van der Waals surface area contributed by atoms with Crippen molar-refractivity contribution in [3.8, 4) is 11.5 Å². The van der Waals surface area contributed by atoms with Crippen LogP contribution in [0.4, 0.5) is 5.13 Å². The summed E-state index contributed by atoms with van der Waals surface area (Å²) in [5.74, 6) is 1.45. The van der Waals surface area contributed by atoms with Gasteiger partial charge >= 0.3 is 0 Å². The summed E-state index contributed by atoms with van der Waals surface area (Å²) in [6.07, 6.45) is 0.980. The second kappa shape index (κ2) is 5.30. The summed E-state index contributed by atoms with van der Waals surface area (Å²) in [6, 6.07) is 6.00. The van der Waals surface area contributed by atoms with E-state index in [-0.39, 0.29) is 6.04 Å². The number of nitrogens with two attached hydrogens (primary N) is 1. The first kappa shape index (κ1) is 13.2. The minimum absolute atomic E-state index is 0.0621. The molecule has 1 aliphatic rings. The maximum Gasteiger partial charge on any atom is 0.180 e. The lowest BCUT2D eigenvalue weighted by atomic mass is 9.98. The molecule has 5 nitrogen and oxygen atoms in total. The fourth-order valence-electron chi connectivity index (χ4n) is 2.52. The van der Waals surface area contributed by atoms with Crippen LogP contribution in [0.25, 0.3) is 0 Å². The van der Waals surface area contributed by atoms with Gasteiger partial charge < -0.3 is 20.5 Å². The molecule has 1 aromatic heterocycles. The first-order valence-corrected chi connectivity index (χ1v) is 7.25.